The van der Waals surface area contributed by atoms with Gasteiger partial charge in [-0.3, -0.25) is 4.99 Å². The number of thioether (sulfide) groups is 1. The molecule has 0 saturated heterocycles. The topological polar surface area (TPSA) is 41.9 Å². The van der Waals surface area contributed by atoms with Crippen molar-refractivity contribution in [3.05, 3.63) is 10.6 Å². The van der Waals surface area contributed by atoms with Crippen molar-refractivity contribution < 1.29 is 9.53 Å². The Bertz CT molecular complexity index is 472. The van der Waals surface area contributed by atoms with Crippen LogP contribution in [0.4, 0.5) is 0 Å². The van der Waals surface area contributed by atoms with Crippen LogP contribution in [0, 0.1) is 5.41 Å². The molecular formula is C14H22N2O2S. The average molecular weight is 282 g/mol. The van der Waals surface area contributed by atoms with Crippen LogP contribution < -0.4 is 0 Å². The van der Waals surface area contributed by atoms with Crippen molar-refractivity contribution >= 4 is 22.9 Å². The Balaban J connectivity index is 2.21. The fourth-order valence-electron chi connectivity index (χ4n) is 2.06. The van der Waals surface area contributed by atoms with Crippen LogP contribution in [0.1, 0.15) is 41.5 Å². The molecule has 2 rings (SSSR count). The zero-order valence-electron chi connectivity index (χ0n) is 12.5. The van der Waals surface area contributed by atoms with Crippen molar-refractivity contribution in [2.45, 2.75) is 47.1 Å². The molecule has 106 valence electrons. The van der Waals surface area contributed by atoms with E-state index in [1.165, 1.54) is 11.8 Å². The largest absolute Gasteiger partial charge is 0.456 e. The van der Waals surface area contributed by atoms with E-state index in [1.54, 1.807) is 0 Å². The van der Waals surface area contributed by atoms with E-state index in [0.29, 0.717) is 4.91 Å². The van der Waals surface area contributed by atoms with Gasteiger partial charge in [-0.1, -0.05) is 13.8 Å². The highest BCUT2D eigenvalue weighted by Gasteiger charge is 2.38. The first-order valence-corrected chi connectivity index (χ1v) is 7.35. The van der Waals surface area contributed by atoms with Crippen LogP contribution in [0.25, 0.3) is 0 Å². The molecule has 0 atom stereocenters. The Morgan fingerprint density at radius 1 is 1.42 bits per heavy atom. The lowest BCUT2D eigenvalue weighted by molar-refractivity contribution is -0.149. The number of rotatable bonds is 1. The van der Waals surface area contributed by atoms with Gasteiger partial charge in [0.2, 0.25) is 0 Å². The summed E-state index contributed by atoms with van der Waals surface area (Å²) in [5.41, 5.74) is 0.648. The first kappa shape index (κ1) is 14.4. The SMILES string of the molecule is CC1=C(C(=O)OC(C)(C)C)SC2=NCC(C)(C)CN21. The maximum absolute atomic E-state index is 12.2. The van der Waals surface area contributed by atoms with Gasteiger partial charge in [0.1, 0.15) is 10.5 Å². The highest BCUT2D eigenvalue weighted by Crippen LogP contribution is 2.40. The summed E-state index contributed by atoms with van der Waals surface area (Å²) in [5.74, 6) is -0.245. The second-order valence-corrected chi connectivity index (χ2v) is 7.85. The third-order valence-electron chi connectivity index (χ3n) is 2.97. The number of hydrogen-bond acceptors (Lipinski definition) is 5. The van der Waals surface area contributed by atoms with Gasteiger partial charge >= 0.3 is 5.97 Å². The number of carbonyl (C=O) groups is 1. The zero-order chi connectivity index (χ0) is 14.4. The first-order chi connectivity index (χ1) is 8.59. The van der Waals surface area contributed by atoms with Crippen LogP contribution in [0.3, 0.4) is 0 Å². The molecule has 0 radical (unpaired) electrons. The number of aliphatic imine (C=N–C) groups is 1. The fourth-order valence-corrected chi connectivity index (χ4v) is 3.07. The summed E-state index contributed by atoms with van der Waals surface area (Å²) in [6.07, 6.45) is 0. The number of fused-ring (bicyclic) bond motifs is 1. The molecule has 0 bridgehead atoms. The van der Waals surface area contributed by atoms with Crippen molar-refractivity contribution in [3.63, 3.8) is 0 Å². The minimum absolute atomic E-state index is 0.148. The van der Waals surface area contributed by atoms with Gasteiger partial charge in [-0.05, 0) is 39.5 Å². The van der Waals surface area contributed by atoms with E-state index in [-0.39, 0.29) is 11.4 Å². The Kier molecular flexibility index (Phi) is 3.45. The Morgan fingerprint density at radius 3 is 2.63 bits per heavy atom. The molecule has 19 heavy (non-hydrogen) atoms. The minimum atomic E-state index is -0.463. The Morgan fingerprint density at radius 2 is 2.05 bits per heavy atom. The molecular weight excluding hydrogens is 260 g/mol. The molecule has 0 N–H and O–H groups in total. The standard InChI is InChI=1S/C14H22N2O2S/c1-9-10(11(17)18-13(2,3)4)19-12-15-7-14(5,6)8-16(9)12/h7-8H2,1-6H3. The third-order valence-corrected chi connectivity index (χ3v) is 4.17. The third kappa shape index (κ3) is 3.14. The summed E-state index contributed by atoms with van der Waals surface area (Å²) < 4.78 is 5.45. The monoisotopic (exact) mass is 282 g/mol. The van der Waals surface area contributed by atoms with Gasteiger partial charge in [-0.25, -0.2) is 4.79 Å². The van der Waals surface area contributed by atoms with Gasteiger partial charge in [0.25, 0.3) is 0 Å². The number of hydrogen-bond donors (Lipinski definition) is 0. The van der Waals surface area contributed by atoms with Crippen molar-refractivity contribution in [2.75, 3.05) is 13.1 Å². The van der Waals surface area contributed by atoms with E-state index in [9.17, 15) is 4.79 Å². The average Bonchev–Trinajstić information content (AvgIpc) is 2.52. The molecule has 2 heterocycles. The predicted octanol–water partition coefficient (Wildman–Crippen LogP) is 3.00. The van der Waals surface area contributed by atoms with E-state index in [4.69, 9.17) is 4.74 Å². The van der Waals surface area contributed by atoms with E-state index >= 15 is 0 Å². The molecule has 5 heteroatoms. The molecule has 0 fully saturated rings. The maximum Gasteiger partial charge on any atom is 0.347 e. The van der Waals surface area contributed by atoms with Gasteiger partial charge in [0.15, 0.2) is 5.17 Å². The number of nitrogens with zero attached hydrogens (tertiary/aromatic N) is 2. The molecule has 2 aliphatic rings. The second kappa shape index (κ2) is 4.54. The lowest BCUT2D eigenvalue weighted by Crippen LogP contribution is -2.40. The van der Waals surface area contributed by atoms with Crippen LogP contribution in [0.15, 0.2) is 15.6 Å². The first-order valence-electron chi connectivity index (χ1n) is 6.53. The van der Waals surface area contributed by atoms with E-state index in [0.717, 1.165) is 24.0 Å². The summed E-state index contributed by atoms with van der Waals surface area (Å²) in [7, 11) is 0. The predicted molar refractivity (Wildman–Crippen MR) is 78.9 cm³/mol. The lowest BCUT2D eigenvalue weighted by atomic mass is 9.92. The van der Waals surface area contributed by atoms with Crippen molar-refractivity contribution in [1.82, 2.24) is 4.90 Å². The summed E-state index contributed by atoms with van der Waals surface area (Å²) in [6, 6.07) is 0. The van der Waals surface area contributed by atoms with Gasteiger partial charge < -0.3 is 9.64 Å². The van der Waals surface area contributed by atoms with Gasteiger partial charge in [0, 0.05) is 24.2 Å². The van der Waals surface area contributed by atoms with E-state index in [2.05, 4.69) is 23.7 Å². The summed E-state index contributed by atoms with van der Waals surface area (Å²) in [5, 5.41) is 0.928. The number of amidine groups is 1. The van der Waals surface area contributed by atoms with Crippen LogP contribution in [0.5, 0.6) is 0 Å². The van der Waals surface area contributed by atoms with Crippen LogP contribution >= 0.6 is 11.8 Å². The molecule has 0 aromatic rings. The molecule has 0 saturated carbocycles. The van der Waals surface area contributed by atoms with Crippen molar-refractivity contribution in [2.24, 2.45) is 10.4 Å². The number of esters is 1. The highest BCUT2D eigenvalue weighted by molar-refractivity contribution is 8.18. The van der Waals surface area contributed by atoms with Gasteiger partial charge in [-0.2, -0.15) is 0 Å². The van der Waals surface area contributed by atoms with Crippen LogP contribution in [-0.2, 0) is 9.53 Å². The second-order valence-electron chi connectivity index (χ2n) is 6.87. The molecule has 0 spiro atoms. The Labute approximate surface area is 119 Å². The van der Waals surface area contributed by atoms with Gasteiger partial charge in [-0.15, -0.1) is 0 Å². The molecule has 2 aliphatic heterocycles. The molecule has 4 nitrogen and oxygen atoms in total. The Hall–Kier alpha value is -0.970. The number of carbonyl (C=O) groups excluding carboxylic acids is 1. The fraction of sp³-hybridized carbons (Fsp3) is 0.714. The highest BCUT2D eigenvalue weighted by atomic mass is 32.2. The van der Waals surface area contributed by atoms with Crippen LogP contribution in [0.2, 0.25) is 0 Å². The quantitative estimate of drug-likeness (QED) is 0.693. The molecule has 0 aliphatic carbocycles. The van der Waals surface area contributed by atoms with E-state index in [1.807, 2.05) is 27.7 Å². The number of allylic oxidation sites excluding steroid dienone is 1. The summed E-state index contributed by atoms with van der Waals surface area (Å²) >= 11 is 1.43. The smallest absolute Gasteiger partial charge is 0.347 e. The molecule has 0 aromatic heterocycles. The summed E-state index contributed by atoms with van der Waals surface area (Å²) in [4.78, 5) is 19.6. The normalized spacial score (nSPS) is 22.2. The van der Waals surface area contributed by atoms with Gasteiger partial charge in [0.05, 0.1) is 0 Å². The van der Waals surface area contributed by atoms with E-state index < -0.39 is 5.60 Å². The lowest BCUT2D eigenvalue weighted by Gasteiger charge is -2.35. The molecule has 0 unspecified atom stereocenters. The van der Waals surface area contributed by atoms with Crippen LogP contribution in [-0.4, -0.2) is 34.7 Å². The molecule has 0 aromatic carbocycles. The van der Waals surface area contributed by atoms with Crippen molar-refractivity contribution in [3.8, 4) is 0 Å². The maximum atomic E-state index is 12.2. The van der Waals surface area contributed by atoms with Crippen molar-refractivity contribution in [1.29, 1.82) is 0 Å². The molecule has 0 amide bonds. The minimum Gasteiger partial charge on any atom is -0.456 e. The summed E-state index contributed by atoms with van der Waals surface area (Å²) in [6.45, 7) is 13.7. The zero-order valence-corrected chi connectivity index (χ0v) is 13.3. The number of ether oxygens (including phenoxy) is 1.